The Kier molecular flexibility index (Phi) is 12.9. The van der Waals surface area contributed by atoms with Gasteiger partial charge in [0.05, 0.1) is 13.8 Å². The molecule has 0 spiro atoms. The van der Waals surface area contributed by atoms with E-state index in [1.54, 1.807) is 13.8 Å². The molecule has 0 aromatic rings. The van der Waals surface area contributed by atoms with Crippen molar-refractivity contribution >= 4 is 36.5 Å². The quantitative estimate of drug-likeness (QED) is 0.156. The minimum atomic E-state index is -2.14. The Labute approximate surface area is 212 Å². The summed E-state index contributed by atoms with van der Waals surface area (Å²) in [4.78, 5) is 23.4. The van der Waals surface area contributed by atoms with Gasteiger partial charge in [-0.15, -0.1) is 0 Å². The Morgan fingerprint density at radius 1 is 0.853 bits per heavy atom. The first-order valence-electron chi connectivity index (χ1n) is 12.5. The second kappa shape index (κ2) is 13.3. The van der Waals surface area contributed by atoms with Crippen LogP contribution in [0.2, 0.25) is 51.4 Å². The molecule has 0 aliphatic rings. The van der Waals surface area contributed by atoms with Gasteiger partial charge >= 0.3 is 0 Å². The minimum Gasteiger partial charge on any atom is -0.415 e. The molecule has 6 nitrogen and oxygen atoms in total. The molecule has 0 radical (unpaired) electrons. The molecule has 1 atom stereocenters. The zero-order chi connectivity index (χ0) is 27.0. The summed E-state index contributed by atoms with van der Waals surface area (Å²) < 4.78 is 13.6. The summed E-state index contributed by atoms with van der Waals surface area (Å²) >= 11 is 0. The van der Waals surface area contributed by atoms with Crippen LogP contribution in [0, 0.1) is 0 Å². The maximum absolute atomic E-state index is 11.7. The zero-order valence-electron chi connectivity index (χ0n) is 23.9. The largest absolute Gasteiger partial charge is 0.415 e. The van der Waals surface area contributed by atoms with Crippen molar-refractivity contribution in [3.05, 3.63) is 24.3 Å². The Morgan fingerprint density at radius 3 is 1.68 bits per heavy atom. The molecule has 0 saturated carbocycles. The van der Waals surface area contributed by atoms with Crippen molar-refractivity contribution in [3.8, 4) is 0 Å². The third-order valence-electron chi connectivity index (χ3n) is 6.90. The molecule has 0 fully saturated rings. The Bertz CT molecular complexity index is 734. The molecule has 2 amide bonds. The van der Waals surface area contributed by atoms with Crippen LogP contribution in [0.15, 0.2) is 24.3 Å². The van der Waals surface area contributed by atoms with Crippen LogP contribution >= 0.6 is 0 Å². The molecule has 0 aromatic carbocycles. The van der Waals surface area contributed by atoms with E-state index < -0.39 is 24.7 Å². The molecule has 1 unspecified atom stereocenters. The maximum atomic E-state index is 11.7. The van der Waals surface area contributed by atoms with E-state index in [0.717, 1.165) is 24.9 Å². The Hall–Kier alpha value is -1.01. The molecule has 198 valence electrons. The summed E-state index contributed by atoms with van der Waals surface area (Å²) in [6.45, 7) is 32.5. The van der Waals surface area contributed by atoms with Crippen molar-refractivity contribution in [1.29, 1.82) is 0 Å². The fourth-order valence-corrected chi connectivity index (χ4v) is 12.8. The highest BCUT2D eigenvalue weighted by Crippen LogP contribution is 2.34. The van der Waals surface area contributed by atoms with E-state index in [0.29, 0.717) is 24.2 Å². The van der Waals surface area contributed by atoms with Crippen LogP contribution in [-0.4, -0.2) is 60.6 Å². The van der Waals surface area contributed by atoms with Crippen molar-refractivity contribution in [2.75, 3.05) is 13.1 Å². The van der Waals surface area contributed by atoms with Gasteiger partial charge in [0.25, 0.3) is 0 Å². The Morgan fingerprint density at radius 2 is 1.26 bits per heavy atom. The topological polar surface area (TPSA) is 76.7 Å². The molecular formula is C25H52N2O4Si3. The SMILES string of the molecule is C=C(C)C(=O)NCCC[Si](C)(C)OC(C)[Si](C)(C)OC(C)(C)[Si](C)(C)CCCNC(=O)C(=C)C. The van der Waals surface area contributed by atoms with Gasteiger partial charge in [-0.3, -0.25) is 9.59 Å². The van der Waals surface area contributed by atoms with E-state index in [1.807, 2.05) is 0 Å². The predicted molar refractivity (Wildman–Crippen MR) is 153 cm³/mol. The van der Waals surface area contributed by atoms with E-state index >= 15 is 0 Å². The van der Waals surface area contributed by atoms with Gasteiger partial charge in [0.15, 0.2) is 8.32 Å². The molecule has 0 aliphatic heterocycles. The summed E-state index contributed by atoms with van der Waals surface area (Å²) in [7, 11) is -5.78. The van der Waals surface area contributed by atoms with Crippen molar-refractivity contribution in [1.82, 2.24) is 10.6 Å². The van der Waals surface area contributed by atoms with Gasteiger partial charge in [-0.1, -0.05) is 32.3 Å². The number of rotatable bonds is 16. The van der Waals surface area contributed by atoms with Gasteiger partial charge in [-0.2, -0.15) is 0 Å². The minimum absolute atomic E-state index is 0.0699. The molecule has 0 aromatic heterocycles. The van der Waals surface area contributed by atoms with Crippen molar-refractivity contribution in [3.63, 3.8) is 0 Å². The molecule has 2 N–H and O–H groups in total. The second-order valence-electron chi connectivity index (χ2n) is 11.9. The lowest BCUT2D eigenvalue weighted by Gasteiger charge is -2.47. The standard InChI is InChI=1S/C25H52N2O4Si3/c1-20(2)23(28)26-16-14-18-32(8,9)25(6,7)31-34(12,13)22(5)30-33(10,11)19-15-17-27-24(29)21(3)4/h22H,1,3,14-19H2,2,4-13H3,(H,26,28)(H,27,29). The average molecular weight is 529 g/mol. The van der Waals surface area contributed by atoms with E-state index in [1.165, 1.54) is 0 Å². The van der Waals surface area contributed by atoms with Crippen LogP contribution in [0.5, 0.6) is 0 Å². The normalized spacial score (nSPS) is 13.9. The highest BCUT2D eigenvalue weighted by molar-refractivity contribution is 6.82. The van der Waals surface area contributed by atoms with Gasteiger partial charge in [0.1, 0.15) is 0 Å². The molecule has 34 heavy (non-hydrogen) atoms. The third-order valence-corrected chi connectivity index (χ3v) is 18.0. The fraction of sp³-hybridized carbons (Fsp3) is 0.760. The number of carbonyl (C=O) groups is 2. The highest BCUT2D eigenvalue weighted by atomic mass is 28.4. The lowest BCUT2D eigenvalue weighted by atomic mass is 10.3. The van der Waals surface area contributed by atoms with Crippen molar-refractivity contribution in [2.45, 2.75) is 110 Å². The average Bonchev–Trinajstić information content (AvgIpc) is 2.66. The van der Waals surface area contributed by atoms with E-state index in [9.17, 15) is 9.59 Å². The number of hydrogen-bond acceptors (Lipinski definition) is 4. The van der Waals surface area contributed by atoms with Crippen LogP contribution in [0.1, 0.15) is 47.5 Å². The molecule has 0 aliphatic carbocycles. The molecule has 0 bridgehead atoms. The van der Waals surface area contributed by atoms with Gasteiger partial charge in [-0.25, -0.2) is 0 Å². The summed E-state index contributed by atoms with van der Waals surface area (Å²) in [6.07, 6.45) is 1.85. The highest BCUT2D eigenvalue weighted by Gasteiger charge is 2.46. The second-order valence-corrected chi connectivity index (χ2v) is 25.9. The number of carbonyl (C=O) groups excluding carboxylic acids is 2. The third kappa shape index (κ3) is 11.6. The maximum Gasteiger partial charge on any atom is 0.246 e. The lowest BCUT2D eigenvalue weighted by Crippen LogP contribution is -2.61. The first-order valence-corrected chi connectivity index (χ1v) is 21.8. The van der Waals surface area contributed by atoms with Gasteiger partial charge in [-0.05, 0) is 79.7 Å². The van der Waals surface area contributed by atoms with Crippen LogP contribution in [0.25, 0.3) is 0 Å². The first kappa shape index (κ1) is 33.0. The van der Waals surface area contributed by atoms with Crippen LogP contribution < -0.4 is 10.6 Å². The summed E-state index contributed by atoms with van der Waals surface area (Å²) in [6, 6.07) is 2.06. The summed E-state index contributed by atoms with van der Waals surface area (Å²) in [5.74, 6) is -0.151. The summed E-state index contributed by atoms with van der Waals surface area (Å²) in [5, 5.41) is 5.65. The van der Waals surface area contributed by atoms with Gasteiger partial charge < -0.3 is 19.5 Å². The van der Waals surface area contributed by atoms with Gasteiger partial charge in [0, 0.05) is 29.5 Å². The number of hydrogen-bond donors (Lipinski definition) is 2. The fourth-order valence-electron chi connectivity index (χ4n) is 3.61. The molecule has 0 heterocycles. The molecule has 9 heteroatoms. The molecule has 0 rings (SSSR count). The Balaban J connectivity index is 4.86. The van der Waals surface area contributed by atoms with E-state index in [-0.39, 0.29) is 22.8 Å². The van der Waals surface area contributed by atoms with Crippen LogP contribution in [0.4, 0.5) is 0 Å². The summed E-state index contributed by atoms with van der Waals surface area (Å²) in [5.41, 5.74) is 1.17. The predicted octanol–water partition coefficient (Wildman–Crippen LogP) is 5.55. The van der Waals surface area contributed by atoms with Gasteiger partial charge in [0.2, 0.25) is 20.1 Å². The van der Waals surface area contributed by atoms with E-state index in [4.69, 9.17) is 8.85 Å². The number of amides is 2. The van der Waals surface area contributed by atoms with E-state index in [2.05, 4.69) is 83.8 Å². The monoisotopic (exact) mass is 528 g/mol. The molecule has 0 saturated heterocycles. The smallest absolute Gasteiger partial charge is 0.246 e. The first-order chi connectivity index (χ1) is 15.2. The zero-order valence-corrected chi connectivity index (χ0v) is 26.9. The molecular weight excluding hydrogens is 477 g/mol. The van der Waals surface area contributed by atoms with Crippen molar-refractivity contribution < 1.29 is 18.4 Å². The number of nitrogens with one attached hydrogen (secondary N) is 2. The van der Waals surface area contributed by atoms with Crippen LogP contribution in [-0.2, 0) is 18.4 Å². The lowest BCUT2D eigenvalue weighted by molar-refractivity contribution is -0.118. The van der Waals surface area contributed by atoms with Crippen LogP contribution in [0.3, 0.4) is 0 Å². The van der Waals surface area contributed by atoms with Crippen molar-refractivity contribution in [2.24, 2.45) is 0 Å².